The van der Waals surface area contributed by atoms with Crippen LogP contribution in [0.3, 0.4) is 0 Å². The van der Waals surface area contributed by atoms with E-state index in [1.54, 1.807) is 0 Å². The number of aryl methyl sites for hydroxylation is 1. The van der Waals surface area contributed by atoms with Gasteiger partial charge < -0.3 is 10.1 Å². The zero-order chi connectivity index (χ0) is 19.9. The fraction of sp³-hybridized carbons (Fsp3) is 0.286. The maximum Gasteiger partial charge on any atom is 0.311 e. The number of esters is 1. The smallest absolute Gasteiger partial charge is 0.311 e. The van der Waals surface area contributed by atoms with Crippen LogP contribution in [0.2, 0.25) is 0 Å². The third-order valence-electron chi connectivity index (χ3n) is 4.43. The van der Waals surface area contributed by atoms with Crippen molar-refractivity contribution in [2.45, 2.75) is 33.4 Å². The molecular weight excluding hydrogens is 374 g/mol. The first-order valence-electron chi connectivity index (χ1n) is 9.04. The number of carbonyl (C=O) groups is 2. The molecule has 0 bridgehead atoms. The van der Waals surface area contributed by atoms with Crippen molar-refractivity contribution in [1.29, 1.82) is 0 Å². The Labute approximate surface area is 168 Å². The molecule has 0 spiro atoms. The van der Waals surface area contributed by atoms with Crippen LogP contribution in [0.1, 0.15) is 27.4 Å². The monoisotopic (exact) mass is 397 g/mol. The van der Waals surface area contributed by atoms with Crippen molar-refractivity contribution in [3.8, 4) is 0 Å². The van der Waals surface area contributed by atoms with Crippen LogP contribution in [0, 0.1) is 13.8 Å². The van der Waals surface area contributed by atoms with Crippen LogP contribution in [0.5, 0.6) is 0 Å². The summed E-state index contributed by atoms with van der Waals surface area (Å²) in [7, 11) is 0. The summed E-state index contributed by atoms with van der Waals surface area (Å²) >= 11 is 1.49. The highest BCUT2D eigenvalue weighted by atomic mass is 32.1. The van der Waals surface area contributed by atoms with Gasteiger partial charge in [0.1, 0.15) is 0 Å². The van der Waals surface area contributed by atoms with Gasteiger partial charge in [-0.1, -0.05) is 36.4 Å². The van der Waals surface area contributed by atoms with Crippen molar-refractivity contribution >= 4 is 23.2 Å². The molecule has 0 aliphatic heterocycles. The van der Waals surface area contributed by atoms with Gasteiger partial charge in [0.15, 0.2) is 6.61 Å². The Morgan fingerprint density at radius 2 is 1.93 bits per heavy atom. The van der Waals surface area contributed by atoms with E-state index in [9.17, 15) is 9.59 Å². The average Bonchev–Trinajstić information content (AvgIpc) is 3.28. The topological polar surface area (TPSA) is 73.2 Å². The van der Waals surface area contributed by atoms with Gasteiger partial charge >= 0.3 is 5.97 Å². The van der Waals surface area contributed by atoms with Gasteiger partial charge in [-0.25, -0.2) is 0 Å². The standard InChI is InChI=1S/C21H23N3O3S/c1-15-19(16(2)24(23-15)13-17-7-4-3-5-8-17)12-22-20(25)14-27-21(26)11-18-9-6-10-28-18/h3-10H,11-14H2,1-2H3,(H,22,25). The number of aromatic nitrogens is 2. The van der Waals surface area contributed by atoms with E-state index < -0.39 is 5.97 Å². The van der Waals surface area contributed by atoms with Crippen LogP contribution < -0.4 is 5.32 Å². The molecule has 1 aromatic carbocycles. The first-order valence-corrected chi connectivity index (χ1v) is 9.92. The molecule has 1 N–H and O–H groups in total. The minimum Gasteiger partial charge on any atom is -0.455 e. The lowest BCUT2D eigenvalue weighted by Gasteiger charge is -2.08. The van der Waals surface area contributed by atoms with Crippen LogP contribution in [-0.4, -0.2) is 28.3 Å². The summed E-state index contributed by atoms with van der Waals surface area (Å²) in [6.45, 7) is 4.68. The minimum absolute atomic E-state index is 0.190. The van der Waals surface area contributed by atoms with Crippen molar-refractivity contribution in [2.75, 3.05) is 6.61 Å². The van der Waals surface area contributed by atoms with Gasteiger partial charge in [-0.05, 0) is 30.9 Å². The fourth-order valence-electron chi connectivity index (χ4n) is 2.89. The highest BCUT2D eigenvalue weighted by Gasteiger charge is 2.14. The molecule has 28 heavy (non-hydrogen) atoms. The van der Waals surface area contributed by atoms with Crippen LogP contribution in [-0.2, 0) is 33.8 Å². The number of nitrogens with one attached hydrogen (secondary N) is 1. The summed E-state index contributed by atoms with van der Waals surface area (Å²) in [4.78, 5) is 24.7. The molecule has 7 heteroatoms. The van der Waals surface area contributed by atoms with Gasteiger partial charge in [0.2, 0.25) is 0 Å². The van der Waals surface area contributed by atoms with E-state index in [2.05, 4.69) is 22.5 Å². The van der Waals surface area contributed by atoms with Crippen molar-refractivity contribution in [3.63, 3.8) is 0 Å². The lowest BCUT2D eigenvalue weighted by Crippen LogP contribution is -2.29. The van der Waals surface area contributed by atoms with Gasteiger partial charge in [-0.3, -0.25) is 14.3 Å². The van der Waals surface area contributed by atoms with Crippen molar-refractivity contribution in [1.82, 2.24) is 15.1 Å². The number of hydrogen-bond acceptors (Lipinski definition) is 5. The third kappa shape index (κ3) is 5.29. The molecule has 2 aromatic heterocycles. The number of hydrogen-bond donors (Lipinski definition) is 1. The SMILES string of the molecule is Cc1nn(Cc2ccccc2)c(C)c1CNC(=O)COC(=O)Cc1cccs1. The molecule has 0 saturated heterocycles. The highest BCUT2D eigenvalue weighted by molar-refractivity contribution is 7.10. The van der Waals surface area contributed by atoms with E-state index >= 15 is 0 Å². The molecule has 6 nitrogen and oxygen atoms in total. The second-order valence-corrected chi connectivity index (χ2v) is 7.52. The van der Waals surface area contributed by atoms with Crippen molar-refractivity contribution < 1.29 is 14.3 Å². The minimum atomic E-state index is -0.402. The Kier molecular flexibility index (Phi) is 6.60. The zero-order valence-corrected chi connectivity index (χ0v) is 16.8. The van der Waals surface area contributed by atoms with Crippen molar-refractivity contribution in [3.05, 3.63) is 75.2 Å². The normalized spacial score (nSPS) is 10.6. The predicted molar refractivity (Wildman–Crippen MR) is 108 cm³/mol. The molecule has 2 heterocycles. The Balaban J connectivity index is 1.50. The maximum atomic E-state index is 12.0. The van der Waals surface area contributed by atoms with Gasteiger partial charge in [0.05, 0.1) is 18.7 Å². The molecule has 0 saturated carbocycles. The Bertz CT molecular complexity index is 933. The van der Waals surface area contributed by atoms with Crippen LogP contribution in [0.25, 0.3) is 0 Å². The Morgan fingerprint density at radius 1 is 1.14 bits per heavy atom. The zero-order valence-electron chi connectivity index (χ0n) is 16.0. The Hall–Kier alpha value is -2.93. The molecule has 146 valence electrons. The quantitative estimate of drug-likeness (QED) is 0.593. The third-order valence-corrected chi connectivity index (χ3v) is 5.31. The number of rotatable bonds is 8. The van der Waals surface area contributed by atoms with E-state index in [0.717, 1.165) is 21.8 Å². The van der Waals surface area contributed by atoms with Crippen molar-refractivity contribution in [2.24, 2.45) is 0 Å². The summed E-state index contributed by atoms with van der Waals surface area (Å²) in [5.41, 5.74) is 4.04. The van der Waals surface area contributed by atoms with E-state index in [1.807, 2.05) is 54.2 Å². The summed E-state index contributed by atoms with van der Waals surface area (Å²) in [5, 5.41) is 9.29. The fourth-order valence-corrected chi connectivity index (χ4v) is 3.58. The van der Waals surface area contributed by atoms with E-state index in [-0.39, 0.29) is 18.9 Å². The summed E-state index contributed by atoms with van der Waals surface area (Å²) in [6.07, 6.45) is 0.190. The number of nitrogens with zero attached hydrogens (tertiary/aromatic N) is 2. The lowest BCUT2D eigenvalue weighted by atomic mass is 10.2. The molecule has 0 atom stereocenters. The lowest BCUT2D eigenvalue weighted by molar-refractivity contribution is -0.147. The average molecular weight is 398 g/mol. The molecular formula is C21H23N3O3S. The number of carbonyl (C=O) groups excluding carboxylic acids is 2. The molecule has 0 aliphatic rings. The first kappa shape index (κ1) is 19.8. The summed E-state index contributed by atoms with van der Waals surface area (Å²) in [5.74, 6) is -0.727. The second-order valence-electron chi connectivity index (χ2n) is 6.49. The predicted octanol–water partition coefficient (Wildman–Crippen LogP) is 3.01. The molecule has 0 aliphatic carbocycles. The highest BCUT2D eigenvalue weighted by Crippen LogP contribution is 2.15. The molecule has 3 aromatic rings. The first-order chi connectivity index (χ1) is 13.5. The maximum absolute atomic E-state index is 12.0. The van der Waals surface area contributed by atoms with Crippen LogP contribution >= 0.6 is 11.3 Å². The van der Waals surface area contributed by atoms with E-state index in [4.69, 9.17) is 4.74 Å². The number of benzene rings is 1. The molecule has 0 fully saturated rings. The van der Waals surface area contributed by atoms with Gasteiger partial charge in [0.25, 0.3) is 5.91 Å². The Morgan fingerprint density at radius 3 is 2.64 bits per heavy atom. The second kappa shape index (κ2) is 9.32. The summed E-state index contributed by atoms with van der Waals surface area (Å²) < 4.78 is 6.98. The summed E-state index contributed by atoms with van der Waals surface area (Å²) in [6, 6.07) is 13.8. The van der Waals surface area contributed by atoms with E-state index in [0.29, 0.717) is 13.1 Å². The number of ether oxygens (including phenoxy) is 1. The molecule has 1 amide bonds. The van der Waals surface area contributed by atoms with E-state index in [1.165, 1.54) is 16.9 Å². The molecule has 0 radical (unpaired) electrons. The number of amides is 1. The van der Waals surface area contributed by atoms with Gasteiger partial charge in [0, 0.05) is 22.7 Å². The van der Waals surface area contributed by atoms with Gasteiger partial charge in [-0.15, -0.1) is 11.3 Å². The van der Waals surface area contributed by atoms with Crippen LogP contribution in [0.4, 0.5) is 0 Å². The largest absolute Gasteiger partial charge is 0.455 e. The van der Waals surface area contributed by atoms with Gasteiger partial charge in [-0.2, -0.15) is 5.10 Å². The molecule has 0 unspecified atom stereocenters. The molecule has 3 rings (SSSR count). The number of thiophene rings is 1. The van der Waals surface area contributed by atoms with Crippen LogP contribution in [0.15, 0.2) is 47.8 Å².